The van der Waals surface area contributed by atoms with Crippen LogP contribution in [0, 0.1) is 0 Å². The Morgan fingerprint density at radius 2 is 2.11 bits per heavy atom. The topological polar surface area (TPSA) is 47.1 Å². The molecule has 2 heterocycles. The summed E-state index contributed by atoms with van der Waals surface area (Å²) >= 11 is 1.90. The van der Waals surface area contributed by atoms with Gasteiger partial charge in [-0.05, 0) is 44.1 Å². The monoisotopic (exact) mass is 278 g/mol. The summed E-state index contributed by atoms with van der Waals surface area (Å²) in [4.78, 5) is 2.59. The van der Waals surface area contributed by atoms with Crippen LogP contribution in [0.3, 0.4) is 0 Å². The van der Waals surface area contributed by atoms with Gasteiger partial charge in [0.2, 0.25) is 0 Å². The summed E-state index contributed by atoms with van der Waals surface area (Å²) in [7, 11) is 0. The van der Waals surface area contributed by atoms with Crippen molar-refractivity contribution < 1.29 is 0 Å². The number of hydrogen-bond donors (Lipinski definition) is 1. The van der Waals surface area contributed by atoms with Gasteiger partial charge < -0.3 is 5.73 Å². The van der Waals surface area contributed by atoms with Crippen LogP contribution in [0.15, 0.2) is 6.20 Å². The molecule has 1 aromatic rings. The second-order valence-electron chi connectivity index (χ2n) is 6.29. The lowest BCUT2D eigenvalue weighted by Crippen LogP contribution is -2.40. The third-order valence-electron chi connectivity index (χ3n) is 4.57. The van der Waals surface area contributed by atoms with E-state index in [1.165, 1.54) is 49.8 Å². The van der Waals surface area contributed by atoms with E-state index in [1.54, 1.807) is 0 Å². The Labute approximate surface area is 118 Å². The molecule has 0 radical (unpaired) electrons. The third-order valence-corrected chi connectivity index (χ3v) is 5.74. The van der Waals surface area contributed by atoms with Crippen molar-refractivity contribution >= 4 is 11.9 Å². The molecule has 1 aliphatic heterocycles. The number of hydrogen-bond acceptors (Lipinski definition) is 4. The molecule has 2 N–H and O–H groups in total. The number of rotatable bonds is 3. The van der Waals surface area contributed by atoms with Crippen LogP contribution < -0.4 is 5.73 Å². The van der Waals surface area contributed by atoms with Gasteiger partial charge in [-0.25, -0.2) is 4.09 Å². The van der Waals surface area contributed by atoms with E-state index in [4.69, 9.17) is 10.8 Å². The molecule has 2 aliphatic carbocycles. The highest BCUT2D eigenvalue weighted by molar-refractivity contribution is 7.98. The summed E-state index contributed by atoms with van der Waals surface area (Å²) in [5, 5.41) is 5.57. The second-order valence-corrected chi connectivity index (χ2v) is 7.55. The van der Waals surface area contributed by atoms with Crippen molar-refractivity contribution in [3.05, 3.63) is 17.5 Å². The molecule has 2 fully saturated rings. The summed E-state index contributed by atoms with van der Waals surface area (Å²) in [5.41, 5.74) is 8.84. The molecular weight excluding hydrogens is 256 g/mol. The lowest BCUT2D eigenvalue weighted by molar-refractivity contribution is 0.145. The first-order valence-corrected chi connectivity index (χ1v) is 8.36. The first-order chi connectivity index (χ1) is 9.28. The molecule has 2 atom stereocenters. The van der Waals surface area contributed by atoms with Crippen LogP contribution >= 0.6 is 11.9 Å². The van der Waals surface area contributed by atoms with E-state index in [0.29, 0.717) is 12.1 Å². The first kappa shape index (κ1) is 12.2. The van der Waals surface area contributed by atoms with Gasteiger partial charge in [-0.1, -0.05) is 6.42 Å². The highest BCUT2D eigenvalue weighted by Crippen LogP contribution is 2.36. The molecule has 4 nitrogen and oxygen atoms in total. The SMILES string of the molecule is NC1CCCC(N2Cc3cn(SC4CC4)nc3C2)C1. The predicted molar refractivity (Wildman–Crippen MR) is 77.7 cm³/mol. The fourth-order valence-corrected chi connectivity index (χ4v) is 4.31. The zero-order valence-electron chi connectivity index (χ0n) is 11.3. The normalized spacial score (nSPS) is 31.6. The van der Waals surface area contributed by atoms with Crippen LogP contribution in [0.4, 0.5) is 0 Å². The Balaban J connectivity index is 1.41. The maximum Gasteiger partial charge on any atom is 0.0820 e. The lowest BCUT2D eigenvalue weighted by atomic mass is 9.91. The minimum absolute atomic E-state index is 0.414. The molecule has 5 heteroatoms. The van der Waals surface area contributed by atoms with Crippen molar-refractivity contribution in [1.82, 2.24) is 14.1 Å². The predicted octanol–water partition coefficient (Wildman–Crippen LogP) is 2.13. The minimum Gasteiger partial charge on any atom is -0.328 e. The molecule has 0 amide bonds. The van der Waals surface area contributed by atoms with Crippen LogP contribution in [0.25, 0.3) is 0 Å². The van der Waals surface area contributed by atoms with Gasteiger partial charge in [0.25, 0.3) is 0 Å². The van der Waals surface area contributed by atoms with Gasteiger partial charge in [-0.2, -0.15) is 5.10 Å². The van der Waals surface area contributed by atoms with E-state index in [-0.39, 0.29) is 0 Å². The van der Waals surface area contributed by atoms with Crippen molar-refractivity contribution in [2.75, 3.05) is 0 Å². The molecule has 4 rings (SSSR count). The molecule has 0 aromatic carbocycles. The lowest BCUT2D eigenvalue weighted by Gasteiger charge is -2.33. The highest BCUT2D eigenvalue weighted by atomic mass is 32.2. The zero-order chi connectivity index (χ0) is 12.8. The maximum atomic E-state index is 6.11. The summed E-state index contributed by atoms with van der Waals surface area (Å²) in [6, 6.07) is 1.10. The summed E-state index contributed by atoms with van der Waals surface area (Å²) in [6.07, 6.45) is 9.96. The zero-order valence-corrected chi connectivity index (χ0v) is 12.1. The molecular formula is C14H22N4S. The smallest absolute Gasteiger partial charge is 0.0820 e. The summed E-state index contributed by atoms with van der Waals surface area (Å²) in [5.74, 6) is 0. The van der Waals surface area contributed by atoms with Gasteiger partial charge in [-0.3, -0.25) is 4.90 Å². The van der Waals surface area contributed by atoms with Crippen LogP contribution in [-0.4, -0.2) is 31.4 Å². The molecule has 104 valence electrons. The van der Waals surface area contributed by atoms with E-state index in [9.17, 15) is 0 Å². The minimum atomic E-state index is 0.414. The van der Waals surface area contributed by atoms with Crippen LogP contribution in [0.2, 0.25) is 0 Å². The number of nitrogens with two attached hydrogens (primary N) is 1. The van der Waals surface area contributed by atoms with Gasteiger partial charge >= 0.3 is 0 Å². The molecule has 0 bridgehead atoms. The number of aromatic nitrogens is 2. The first-order valence-electron chi connectivity index (χ1n) is 7.52. The van der Waals surface area contributed by atoms with E-state index in [2.05, 4.69) is 15.2 Å². The maximum absolute atomic E-state index is 6.11. The number of nitrogens with zero attached hydrogens (tertiary/aromatic N) is 3. The average molecular weight is 278 g/mol. The van der Waals surface area contributed by atoms with Gasteiger partial charge in [0.05, 0.1) is 5.69 Å². The number of fused-ring (bicyclic) bond motifs is 1. The molecule has 19 heavy (non-hydrogen) atoms. The van der Waals surface area contributed by atoms with E-state index in [0.717, 1.165) is 18.3 Å². The molecule has 2 saturated carbocycles. The van der Waals surface area contributed by atoms with Crippen molar-refractivity contribution in [2.24, 2.45) is 5.73 Å². The molecule has 1 aromatic heterocycles. The van der Waals surface area contributed by atoms with Gasteiger partial charge in [0.15, 0.2) is 0 Å². The molecule has 3 aliphatic rings. The quantitative estimate of drug-likeness (QED) is 0.920. The Hall–Kier alpha value is -0.520. The fourth-order valence-electron chi connectivity index (χ4n) is 3.32. The second kappa shape index (κ2) is 4.79. The van der Waals surface area contributed by atoms with Crippen LogP contribution in [-0.2, 0) is 13.1 Å². The van der Waals surface area contributed by atoms with E-state index in [1.807, 2.05) is 11.9 Å². The van der Waals surface area contributed by atoms with Crippen molar-refractivity contribution in [1.29, 1.82) is 0 Å². The fraction of sp³-hybridized carbons (Fsp3) is 0.786. The van der Waals surface area contributed by atoms with Crippen molar-refractivity contribution in [3.8, 4) is 0 Å². The summed E-state index contributed by atoms with van der Waals surface area (Å²) < 4.78 is 2.10. The largest absolute Gasteiger partial charge is 0.328 e. The molecule has 0 spiro atoms. The van der Waals surface area contributed by atoms with Gasteiger partial charge in [0.1, 0.15) is 0 Å². The van der Waals surface area contributed by atoms with E-state index < -0.39 is 0 Å². The van der Waals surface area contributed by atoms with Gasteiger partial charge in [-0.15, -0.1) is 0 Å². The van der Waals surface area contributed by atoms with Crippen molar-refractivity contribution in [3.63, 3.8) is 0 Å². The van der Waals surface area contributed by atoms with E-state index >= 15 is 0 Å². The summed E-state index contributed by atoms with van der Waals surface area (Å²) in [6.45, 7) is 2.11. The third kappa shape index (κ3) is 2.56. The Morgan fingerprint density at radius 1 is 1.21 bits per heavy atom. The van der Waals surface area contributed by atoms with Crippen LogP contribution in [0.5, 0.6) is 0 Å². The average Bonchev–Trinajstić information content (AvgIpc) is 2.97. The Morgan fingerprint density at radius 3 is 2.84 bits per heavy atom. The molecule has 2 unspecified atom stereocenters. The standard InChI is InChI=1S/C14H22N4S/c15-11-2-1-3-12(6-11)17-7-10-8-18(16-14(10)9-17)19-13-4-5-13/h8,11-13H,1-7,9,15H2. The highest BCUT2D eigenvalue weighted by Gasteiger charge is 2.32. The molecule has 0 saturated heterocycles. The Kier molecular flexibility index (Phi) is 3.09. The van der Waals surface area contributed by atoms with Crippen molar-refractivity contribution in [2.45, 2.75) is 68.9 Å². The van der Waals surface area contributed by atoms with Crippen LogP contribution in [0.1, 0.15) is 49.8 Å². The van der Waals surface area contributed by atoms with Gasteiger partial charge in [0, 0.05) is 42.2 Å². The Bertz CT molecular complexity index is 445.